The molecule has 0 N–H and O–H groups in total. The van der Waals surface area contributed by atoms with Gasteiger partial charge in [0.1, 0.15) is 0 Å². The van der Waals surface area contributed by atoms with Gasteiger partial charge >= 0.3 is 0 Å². The number of amides is 1. The van der Waals surface area contributed by atoms with E-state index in [2.05, 4.69) is 9.97 Å². The molecule has 2 heterocycles. The molecule has 1 amide bonds. The van der Waals surface area contributed by atoms with Crippen LogP contribution in [0.4, 0.5) is 0 Å². The van der Waals surface area contributed by atoms with Gasteiger partial charge in [0.05, 0.1) is 21.3 Å². The molecule has 0 spiro atoms. The first-order valence-corrected chi connectivity index (χ1v) is 8.57. The Hall–Kier alpha value is -1.46. The van der Waals surface area contributed by atoms with Crippen LogP contribution >= 0.6 is 22.9 Å². The summed E-state index contributed by atoms with van der Waals surface area (Å²) in [5.74, 6) is 0.259. The van der Waals surface area contributed by atoms with Crippen molar-refractivity contribution in [2.75, 3.05) is 13.6 Å². The number of halogens is 1. The van der Waals surface area contributed by atoms with E-state index < -0.39 is 0 Å². The average Bonchev–Trinajstić information content (AvgIpc) is 2.88. The molecule has 0 radical (unpaired) electrons. The molecule has 22 heavy (non-hydrogen) atoms. The number of carbonyl (C=O) groups excluding carboxylic acids is 1. The van der Waals surface area contributed by atoms with Gasteiger partial charge in [-0.05, 0) is 32.3 Å². The van der Waals surface area contributed by atoms with E-state index in [0.29, 0.717) is 23.0 Å². The lowest BCUT2D eigenvalue weighted by molar-refractivity contribution is 0.0783. The highest BCUT2D eigenvalue weighted by Gasteiger charge is 2.27. The Balaban J connectivity index is 1.76. The van der Waals surface area contributed by atoms with E-state index in [1.807, 2.05) is 14.0 Å². The Morgan fingerprint density at radius 3 is 3.14 bits per heavy atom. The van der Waals surface area contributed by atoms with Crippen molar-refractivity contribution in [2.45, 2.75) is 32.1 Å². The maximum Gasteiger partial charge on any atom is 0.255 e. The van der Waals surface area contributed by atoms with Crippen molar-refractivity contribution in [3.05, 3.63) is 44.6 Å². The van der Waals surface area contributed by atoms with Crippen LogP contribution in [-0.4, -0.2) is 34.4 Å². The summed E-state index contributed by atoms with van der Waals surface area (Å²) in [6.45, 7) is 2.72. The molecule has 1 aliphatic carbocycles. The molecule has 6 heteroatoms. The average molecular weight is 336 g/mol. The van der Waals surface area contributed by atoms with Crippen molar-refractivity contribution < 1.29 is 4.79 Å². The van der Waals surface area contributed by atoms with E-state index in [9.17, 15) is 4.79 Å². The van der Waals surface area contributed by atoms with Crippen LogP contribution < -0.4 is 0 Å². The van der Waals surface area contributed by atoms with Crippen molar-refractivity contribution in [3.8, 4) is 0 Å². The minimum Gasteiger partial charge on any atom is -0.341 e. The van der Waals surface area contributed by atoms with Crippen molar-refractivity contribution in [1.29, 1.82) is 0 Å². The third-order valence-electron chi connectivity index (χ3n) is 4.02. The lowest BCUT2D eigenvalue weighted by Gasteiger charge is -2.26. The molecular weight excluding hydrogens is 318 g/mol. The molecule has 116 valence electrons. The SMILES string of the molecule is Cc1nc2c(s1)CCC[C@H]2CN(C)C(=O)c1ccncc1Cl. The van der Waals surface area contributed by atoms with Gasteiger partial charge in [-0.1, -0.05) is 11.6 Å². The molecule has 3 rings (SSSR count). The Morgan fingerprint density at radius 2 is 2.36 bits per heavy atom. The fraction of sp³-hybridized carbons (Fsp3) is 0.438. The number of nitrogens with zero attached hydrogens (tertiary/aromatic N) is 3. The largest absolute Gasteiger partial charge is 0.341 e. The van der Waals surface area contributed by atoms with Crippen molar-refractivity contribution >= 4 is 28.8 Å². The van der Waals surface area contributed by atoms with Gasteiger partial charge in [-0.15, -0.1) is 11.3 Å². The van der Waals surface area contributed by atoms with Crippen LogP contribution in [0.2, 0.25) is 5.02 Å². The predicted octanol–water partition coefficient (Wildman–Crippen LogP) is 3.69. The van der Waals surface area contributed by atoms with Crippen LogP contribution in [0.15, 0.2) is 18.5 Å². The van der Waals surface area contributed by atoms with E-state index in [-0.39, 0.29) is 5.91 Å². The zero-order chi connectivity index (χ0) is 15.7. The van der Waals surface area contributed by atoms with Crippen LogP contribution in [0.3, 0.4) is 0 Å². The fourth-order valence-corrected chi connectivity index (χ4v) is 4.24. The minimum absolute atomic E-state index is 0.0634. The smallest absolute Gasteiger partial charge is 0.255 e. The minimum atomic E-state index is -0.0634. The molecule has 0 saturated carbocycles. The second kappa shape index (κ2) is 6.34. The number of fused-ring (bicyclic) bond motifs is 1. The normalized spacial score (nSPS) is 17.1. The number of carbonyl (C=O) groups is 1. The summed E-state index contributed by atoms with van der Waals surface area (Å²) in [4.78, 5) is 24.3. The van der Waals surface area contributed by atoms with E-state index in [0.717, 1.165) is 24.3 Å². The maximum atomic E-state index is 12.6. The molecule has 0 saturated heterocycles. The molecule has 2 aromatic rings. The number of thiazole rings is 1. The van der Waals surface area contributed by atoms with E-state index in [1.54, 1.807) is 28.5 Å². The highest BCUT2D eigenvalue weighted by molar-refractivity contribution is 7.11. The Morgan fingerprint density at radius 1 is 1.55 bits per heavy atom. The van der Waals surface area contributed by atoms with Crippen molar-refractivity contribution in [2.24, 2.45) is 0 Å². The summed E-state index contributed by atoms with van der Waals surface area (Å²) >= 11 is 7.85. The molecule has 0 fully saturated rings. The number of aromatic nitrogens is 2. The Bertz CT molecular complexity index is 700. The number of rotatable bonds is 3. The van der Waals surface area contributed by atoms with Crippen molar-refractivity contribution in [1.82, 2.24) is 14.9 Å². The molecule has 1 aliphatic rings. The lowest BCUT2D eigenvalue weighted by atomic mass is 9.90. The van der Waals surface area contributed by atoms with Gasteiger partial charge in [-0.2, -0.15) is 0 Å². The first-order chi connectivity index (χ1) is 10.6. The second-order valence-corrected chi connectivity index (χ2v) is 7.37. The predicted molar refractivity (Wildman–Crippen MR) is 88.7 cm³/mol. The van der Waals surface area contributed by atoms with Crippen LogP contribution in [0.25, 0.3) is 0 Å². The summed E-state index contributed by atoms with van der Waals surface area (Å²) in [7, 11) is 1.83. The molecule has 0 aromatic carbocycles. The van der Waals surface area contributed by atoms with E-state index in [1.165, 1.54) is 16.8 Å². The number of aryl methyl sites for hydroxylation is 2. The third kappa shape index (κ3) is 3.01. The van der Waals surface area contributed by atoms with Gasteiger partial charge in [0.15, 0.2) is 0 Å². The Labute approximate surface area is 139 Å². The van der Waals surface area contributed by atoms with Crippen LogP contribution in [0, 0.1) is 6.92 Å². The van der Waals surface area contributed by atoms with Crippen LogP contribution in [0.1, 0.15) is 44.7 Å². The van der Waals surface area contributed by atoms with Gasteiger partial charge in [-0.25, -0.2) is 4.98 Å². The monoisotopic (exact) mass is 335 g/mol. The number of pyridine rings is 1. The molecule has 0 aliphatic heterocycles. The fourth-order valence-electron chi connectivity index (χ4n) is 2.97. The molecule has 4 nitrogen and oxygen atoms in total. The standard InChI is InChI=1S/C16H18ClN3OS/c1-10-19-15-11(4-3-5-14(15)22-10)9-20(2)16(21)12-6-7-18-8-13(12)17/h6-8,11H,3-5,9H2,1-2H3/t11-/m0/s1. The topological polar surface area (TPSA) is 46.1 Å². The summed E-state index contributed by atoms with van der Waals surface area (Å²) in [5.41, 5.74) is 1.69. The number of hydrogen-bond donors (Lipinski definition) is 0. The number of hydrogen-bond acceptors (Lipinski definition) is 4. The highest BCUT2D eigenvalue weighted by Crippen LogP contribution is 2.35. The van der Waals surface area contributed by atoms with Gasteiger partial charge < -0.3 is 4.90 Å². The molecule has 0 unspecified atom stereocenters. The molecule has 2 aromatic heterocycles. The maximum absolute atomic E-state index is 12.6. The zero-order valence-corrected chi connectivity index (χ0v) is 14.2. The third-order valence-corrected chi connectivity index (χ3v) is 5.37. The summed E-state index contributed by atoms with van der Waals surface area (Å²) in [6.07, 6.45) is 6.46. The molecule has 0 bridgehead atoms. The zero-order valence-electron chi connectivity index (χ0n) is 12.7. The van der Waals surface area contributed by atoms with Crippen LogP contribution in [0.5, 0.6) is 0 Å². The second-order valence-electron chi connectivity index (χ2n) is 5.67. The van der Waals surface area contributed by atoms with Gasteiger partial charge in [0.25, 0.3) is 5.91 Å². The highest BCUT2D eigenvalue weighted by atomic mass is 35.5. The first-order valence-electron chi connectivity index (χ1n) is 7.37. The summed E-state index contributed by atoms with van der Waals surface area (Å²) in [6, 6.07) is 1.67. The summed E-state index contributed by atoms with van der Waals surface area (Å²) < 4.78 is 0. The van der Waals surface area contributed by atoms with E-state index >= 15 is 0 Å². The van der Waals surface area contributed by atoms with E-state index in [4.69, 9.17) is 11.6 Å². The van der Waals surface area contributed by atoms with Crippen LogP contribution in [-0.2, 0) is 6.42 Å². The van der Waals surface area contributed by atoms with Gasteiger partial charge in [-0.3, -0.25) is 9.78 Å². The molecular formula is C16H18ClN3OS. The molecule has 1 atom stereocenters. The lowest BCUT2D eigenvalue weighted by Crippen LogP contribution is -2.32. The van der Waals surface area contributed by atoms with Gasteiger partial charge in [0.2, 0.25) is 0 Å². The Kier molecular flexibility index (Phi) is 4.45. The van der Waals surface area contributed by atoms with Gasteiger partial charge in [0, 0.05) is 36.8 Å². The number of likely N-dealkylation sites (N-methyl/N-ethyl adjacent to an activating group) is 1. The summed E-state index contributed by atoms with van der Waals surface area (Å²) in [5, 5.41) is 1.51. The van der Waals surface area contributed by atoms with Crippen molar-refractivity contribution in [3.63, 3.8) is 0 Å². The first kappa shape index (κ1) is 15.4. The quantitative estimate of drug-likeness (QED) is 0.859.